The van der Waals surface area contributed by atoms with Crippen LogP contribution in [0, 0.1) is 11.2 Å². The number of nitrogens with one attached hydrogen (secondary N) is 1. The molecule has 10 heteroatoms. The fraction of sp³-hybridized carbons (Fsp3) is 0.538. The Balaban J connectivity index is 1.21. The van der Waals surface area contributed by atoms with Crippen LogP contribution in [0.5, 0.6) is 5.75 Å². The predicted octanol–water partition coefficient (Wildman–Crippen LogP) is 4.26. The quantitative estimate of drug-likeness (QED) is 0.319. The summed E-state index contributed by atoms with van der Waals surface area (Å²) in [6, 6.07) is 9.33. The van der Waals surface area contributed by atoms with Crippen LogP contribution in [0.3, 0.4) is 0 Å². The molecule has 1 aliphatic heterocycles. The zero-order valence-corrected chi connectivity index (χ0v) is 20.6. The summed E-state index contributed by atoms with van der Waals surface area (Å²) in [5.74, 6) is -0.499. The van der Waals surface area contributed by atoms with E-state index in [1.165, 1.54) is 18.2 Å². The van der Waals surface area contributed by atoms with Gasteiger partial charge in [0.25, 0.3) is 0 Å². The average molecular weight is 525 g/mol. The van der Waals surface area contributed by atoms with Gasteiger partial charge in [0.15, 0.2) is 11.6 Å². The Labute approximate surface area is 207 Å². The summed E-state index contributed by atoms with van der Waals surface area (Å²) in [6.07, 6.45) is -1.06. The summed E-state index contributed by atoms with van der Waals surface area (Å²) >= 11 is 0. The molecule has 3 aliphatic carbocycles. The minimum absolute atomic E-state index is 0.0148. The molecular weight excluding hydrogens is 496 g/mol. The van der Waals surface area contributed by atoms with Crippen molar-refractivity contribution in [2.75, 3.05) is 20.2 Å². The number of fused-ring (bicyclic) bond motifs is 4. The monoisotopic (exact) mass is 524 g/mol. The van der Waals surface area contributed by atoms with E-state index in [0.29, 0.717) is 43.3 Å². The molecule has 0 radical (unpaired) electrons. The van der Waals surface area contributed by atoms with Crippen molar-refractivity contribution in [3.05, 3.63) is 64.5 Å². The standard InChI is InChI=1S/C26H28F4N2O3S/c1-32-23-24(32)25(23)14-16-12-21(27)22(35-9-8-31-36(33,34)18-6-3-7-18)13-19(16)20(25)11-15-4-2-5-17(10-15)26(28,29)30/h2,4-5,10,12-13,18,20,23-24,31H,3,6-9,11,14H2,1H3. The van der Waals surface area contributed by atoms with Gasteiger partial charge in [0.2, 0.25) is 10.0 Å². The molecule has 6 rings (SSSR count). The van der Waals surface area contributed by atoms with Crippen LogP contribution in [0.15, 0.2) is 36.4 Å². The molecule has 2 aromatic rings. The normalized spacial score (nSPS) is 30.6. The van der Waals surface area contributed by atoms with Crippen molar-refractivity contribution in [3.8, 4) is 5.75 Å². The van der Waals surface area contributed by atoms with Crippen molar-refractivity contribution in [1.82, 2.24) is 9.62 Å². The first-order chi connectivity index (χ1) is 17.0. The average Bonchev–Trinajstić information content (AvgIpc) is 3.61. The molecular formula is C26H28F4N2O3S. The van der Waals surface area contributed by atoms with E-state index >= 15 is 0 Å². The first-order valence-corrected chi connectivity index (χ1v) is 13.9. The van der Waals surface area contributed by atoms with Gasteiger partial charge in [-0.05, 0) is 73.5 Å². The summed E-state index contributed by atoms with van der Waals surface area (Å²) in [7, 11) is -1.34. The van der Waals surface area contributed by atoms with Crippen LogP contribution in [0.1, 0.15) is 47.4 Å². The van der Waals surface area contributed by atoms with E-state index in [2.05, 4.69) is 9.62 Å². The number of nitrogens with zero attached hydrogens (tertiary/aromatic N) is 1. The maximum Gasteiger partial charge on any atom is 0.416 e. The maximum absolute atomic E-state index is 14.9. The molecule has 194 valence electrons. The lowest BCUT2D eigenvalue weighted by atomic mass is 9.81. The number of halogens is 4. The topological polar surface area (TPSA) is 58.4 Å². The van der Waals surface area contributed by atoms with Crippen molar-refractivity contribution in [1.29, 1.82) is 0 Å². The number of alkyl halides is 3. The third-order valence-corrected chi connectivity index (χ3v) is 10.6. The van der Waals surface area contributed by atoms with Crippen LogP contribution in [-0.4, -0.2) is 50.9 Å². The van der Waals surface area contributed by atoms with Crippen molar-refractivity contribution in [2.45, 2.75) is 61.5 Å². The number of likely N-dealkylation sites (N-methyl/N-ethyl adjacent to an activating group) is 1. The number of hydrogen-bond acceptors (Lipinski definition) is 4. The molecule has 3 unspecified atom stereocenters. The Bertz CT molecular complexity index is 1300. The minimum Gasteiger partial charge on any atom is -0.489 e. The third-order valence-electron chi connectivity index (χ3n) is 8.64. The highest BCUT2D eigenvalue weighted by Crippen LogP contribution is 2.76. The van der Waals surface area contributed by atoms with Crippen LogP contribution in [0.25, 0.3) is 0 Å². The molecule has 0 bridgehead atoms. The van der Waals surface area contributed by atoms with Crippen LogP contribution < -0.4 is 9.46 Å². The second-order valence-corrected chi connectivity index (χ2v) is 12.7. The van der Waals surface area contributed by atoms with Gasteiger partial charge in [0, 0.05) is 24.0 Å². The van der Waals surface area contributed by atoms with Gasteiger partial charge < -0.3 is 4.74 Å². The highest BCUT2D eigenvalue weighted by Gasteiger charge is 2.84. The van der Waals surface area contributed by atoms with E-state index in [4.69, 9.17) is 4.74 Å². The Hall–Kier alpha value is -2.17. The van der Waals surface area contributed by atoms with Crippen LogP contribution in [0.2, 0.25) is 0 Å². The van der Waals surface area contributed by atoms with E-state index in [-0.39, 0.29) is 35.5 Å². The lowest BCUT2D eigenvalue weighted by Crippen LogP contribution is -2.40. The molecule has 1 saturated heterocycles. The lowest BCUT2D eigenvalue weighted by molar-refractivity contribution is -0.137. The molecule has 1 heterocycles. The van der Waals surface area contributed by atoms with E-state index in [1.54, 1.807) is 12.1 Å². The zero-order chi connectivity index (χ0) is 25.5. The summed E-state index contributed by atoms with van der Waals surface area (Å²) < 4.78 is 87.3. The number of ether oxygens (including phenoxy) is 1. The van der Waals surface area contributed by atoms with Gasteiger partial charge in [0.05, 0.1) is 10.8 Å². The second kappa shape index (κ2) is 8.16. The largest absolute Gasteiger partial charge is 0.489 e. The zero-order valence-electron chi connectivity index (χ0n) is 19.8. The minimum atomic E-state index is -4.41. The number of hydrogen-bond donors (Lipinski definition) is 1. The number of sulfonamides is 1. The molecule has 1 spiro atoms. The van der Waals surface area contributed by atoms with Gasteiger partial charge in [-0.3, -0.25) is 4.90 Å². The first-order valence-electron chi connectivity index (χ1n) is 12.3. The maximum atomic E-state index is 14.9. The van der Waals surface area contributed by atoms with Gasteiger partial charge >= 0.3 is 6.18 Å². The van der Waals surface area contributed by atoms with Gasteiger partial charge in [-0.15, -0.1) is 0 Å². The number of benzene rings is 2. The number of rotatable bonds is 8. The van der Waals surface area contributed by atoms with Crippen molar-refractivity contribution in [2.24, 2.45) is 5.41 Å². The Morgan fingerprint density at radius 3 is 2.56 bits per heavy atom. The van der Waals surface area contributed by atoms with Crippen molar-refractivity contribution in [3.63, 3.8) is 0 Å². The molecule has 0 amide bonds. The first kappa shape index (κ1) is 24.2. The van der Waals surface area contributed by atoms with Crippen LogP contribution in [-0.2, 0) is 29.0 Å². The summed E-state index contributed by atoms with van der Waals surface area (Å²) in [5, 5.41) is -0.356. The fourth-order valence-electron chi connectivity index (χ4n) is 6.55. The summed E-state index contributed by atoms with van der Waals surface area (Å²) in [5.41, 5.74) is 1.66. The van der Waals surface area contributed by atoms with Crippen LogP contribution >= 0.6 is 0 Å². The van der Waals surface area contributed by atoms with Crippen molar-refractivity contribution >= 4 is 10.0 Å². The van der Waals surface area contributed by atoms with Gasteiger partial charge in [-0.25, -0.2) is 17.5 Å². The molecule has 3 fully saturated rings. The molecule has 2 saturated carbocycles. The highest BCUT2D eigenvalue weighted by molar-refractivity contribution is 7.90. The Kier molecular flexibility index (Phi) is 5.48. The SMILES string of the molecule is CN1C2C1C21Cc2cc(F)c(OCCNS(=O)(=O)C3CCC3)cc2C1Cc1cccc(C(F)(F)F)c1. The van der Waals surface area contributed by atoms with Gasteiger partial charge in [-0.2, -0.15) is 13.2 Å². The fourth-order valence-corrected chi connectivity index (χ4v) is 8.11. The molecule has 4 aliphatic rings. The summed E-state index contributed by atoms with van der Waals surface area (Å²) in [4.78, 5) is 2.24. The predicted molar refractivity (Wildman–Crippen MR) is 126 cm³/mol. The summed E-state index contributed by atoms with van der Waals surface area (Å²) in [6.45, 7) is 0.0288. The molecule has 36 heavy (non-hydrogen) atoms. The number of likely N-dealkylation sites (tertiary alicyclic amines) is 1. The van der Waals surface area contributed by atoms with E-state index in [0.717, 1.165) is 23.6 Å². The van der Waals surface area contributed by atoms with E-state index in [1.807, 2.05) is 7.05 Å². The lowest BCUT2D eigenvalue weighted by Gasteiger charge is -2.29. The van der Waals surface area contributed by atoms with Crippen molar-refractivity contribution < 1.29 is 30.7 Å². The van der Waals surface area contributed by atoms with E-state index in [9.17, 15) is 26.0 Å². The van der Waals surface area contributed by atoms with E-state index < -0.39 is 27.6 Å². The molecule has 1 N–H and O–H groups in total. The molecule has 5 nitrogen and oxygen atoms in total. The highest BCUT2D eigenvalue weighted by atomic mass is 32.2. The molecule has 0 aromatic heterocycles. The smallest absolute Gasteiger partial charge is 0.416 e. The Morgan fingerprint density at radius 2 is 1.92 bits per heavy atom. The Morgan fingerprint density at radius 1 is 1.17 bits per heavy atom. The molecule has 3 atom stereocenters. The van der Waals surface area contributed by atoms with Crippen LogP contribution in [0.4, 0.5) is 17.6 Å². The molecule has 2 aromatic carbocycles. The van der Waals surface area contributed by atoms with Gasteiger partial charge in [0.1, 0.15) is 6.61 Å². The van der Waals surface area contributed by atoms with Gasteiger partial charge in [-0.1, -0.05) is 24.6 Å². The second-order valence-electron chi connectivity index (χ2n) is 10.6. The third kappa shape index (κ3) is 3.83.